The van der Waals surface area contributed by atoms with Crippen LogP contribution in [0.1, 0.15) is 21.7 Å². The molecule has 11 nitrogen and oxygen atoms in total. The molecule has 0 radical (unpaired) electrons. The van der Waals surface area contributed by atoms with E-state index < -0.39 is 29.3 Å². The number of carbonyl (C=O) groups excluding carboxylic acids is 1. The second kappa shape index (κ2) is 10.3. The molecule has 0 bridgehead atoms. The van der Waals surface area contributed by atoms with E-state index in [9.17, 15) is 19.9 Å². The number of carbonyl (C=O) groups is 1. The number of aromatic hydroxyl groups is 2. The summed E-state index contributed by atoms with van der Waals surface area (Å²) >= 11 is 1.35. The van der Waals surface area contributed by atoms with Gasteiger partial charge in [-0.1, -0.05) is 30.0 Å². The van der Waals surface area contributed by atoms with Crippen molar-refractivity contribution in [2.24, 2.45) is 5.18 Å². The zero-order valence-corrected chi connectivity index (χ0v) is 19.7. The first-order valence-corrected chi connectivity index (χ1v) is 11.6. The third-order valence-electron chi connectivity index (χ3n) is 5.20. The molecule has 0 spiro atoms. The fourth-order valence-corrected chi connectivity index (χ4v) is 4.48. The quantitative estimate of drug-likeness (QED) is 0.217. The molecule has 0 saturated heterocycles. The lowest BCUT2D eigenvalue weighted by Crippen LogP contribution is -2.14. The maximum Gasteiger partial charge on any atom is 0.319 e. The Bertz CT molecular complexity index is 1650. The van der Waals surface area contributed by atoms with Crippen molar-refractivity contribution in [1.29, 1.82) is 0 Å². The van der Waals surface area contributed by atoms with E-state index in [1.807, 2.05) is 48.6 Å². The normalized spacial score (nSPS) is 11.1. The minimum absolute atomic E-state index is 0.283. The molecular weight excluding hydrogens is 494 g/mol. The molecule has 1 amide bonds. The van der Waals surface area contributed by atoms with Gasteiger partial charge >= 0.3 is 6.01 Å². The summed E-state index contributed by atoms with van der Waals surface area (Å²) in [5, 5.41) is 32.6. The van der Waals surface area contributed by atoms with Crippen molar-refractivity contribution in [3.63, 3.8) is 0 Å². The van der Waals surface area contributed by atoms with Crippen molar-refractivity contribution in [1.82, 2.24) is 25.1 Å². The summed E-state index contributed by atoms with van der Waals surface area (Å²) in [6.45, 7) is 0. The van der Waals surface area contributed by atoms with Crippen molar-refractivity contribution < 1.29 is 15.0 Å². The van der Waals surface area contributed by atoms with Gasteiger partial charge < -0.3 is 15.5 Å². The average Bonchev–Trinajstić information content (AvgIpc) is 3.30. The Balaban J connectivity index is 1.38. The highest BCUT2D eigenvalue weighted by Crippen LogP contribution is 2.35. The molecule has 37 heavy (non-hydrogen) atoms. The summed E-state index contributed by atoms with van der Waals surface area (Å²) in [7, 11) is 0. The van der Waals surface area contributed by atoms with Gasteiger partial charge in [0.1, 0.15) is 0 Å². The van der Waals surface area contributed by atoms with Crippen molar-refractivity contribution >= 4 is 52.2 Å². The fraction of sp³-hybridized carbons (Fsp3) is 0. The summed E-state index contributed by atoms with van der Waals surface area (Å²) in [5.74, 6) is -1.87. The molecule has 182 valence electrons. The summed E-state index contributed by atoms with van der Waals surface area (Å²) < 4.78 is 0. The second-order valence-corrected chi connectivity index (χ2v) is 8.71. The van der Waals surface area contributed by atoms with Gasteiger partial charge in [-0.05, 0) is 59.8 Å². The molecule has 0 aliphatic rings. The van der Waals surface area contributed by atoms with Crippen molar-refractivity contribution in [2.75, 3.05) is 5.32 Å². The number of aromatic nitrogens is 5. The molecule has 2 aromatic carbocycles. The van der Waals surface area contributed by atoms with Crippen LogP contribution >= 0.6 is 11.8 Å². The maximum absolute atomic E-state index is 13.0. The number of rotatable bonds is 7. The number of H-pyrrole nitrogens is 1. The van der Waals surface area contributed by atoms with Crippen LogP contribution in [-0.4, -0.2) is 41.3 Å². The average molecular weight is 512 g/mol. The first-order chi connectivity index (χ1) is 18.0. The van der Waals surface area contributed by atoms with Gasteiger partial charge in [0.25, 0.3) is 5.91 Å². The number of nitrogens with one attached hydrogen (secondary N) is 2. The van der Waals surface area contributed by atoms with Crippen LogP contribution in [0.5, 0.6) is 11.9 Å². The number of pyridine rings is 1. The lowest BCUT2D eigenvalue weighted by Gasteiger charge is -2.10. The molecular formula is C25H17N7O4S. The van der Waals surface area contributed by atoms with Gasteiger partial charge in [0.15, 0.2) is 5.82 Å². The van der Waals surface area contributed by atoms with E-state index in [2.05, 4.69) is 35.6 Å². The monoisotopic (exact) mass is 511 g/mol. The molecule has 0 unspecified atom stereocenters. The first-order valence-electron chi connectivity index (χ1n) is 10.8. The molecule has 3 heterocycles. The summed E-state index contributed by atoms with van der Waals surface area (Å²) in [6, 6.07) is 17.5. The van der Waals surface area contributed by atoms with Gasteiger partial charge in [-0.15, -0.1) is 4.91 Å². The number of nitroso groups, excluding NO2 is 1. The number of hydrogen-bond acceptors (Lipinski definition) is 10. The van der Waals surface area contributed by atoms with E-state index in [1.165, 1.54) is 11.8 Å². The van der Waals surface area contributed by atoms with Crippen LogP contribution in [0.3, 0.4) is 0 Å². The first kappa shape index (κ1) is 23.6. The molecule has 12 heteroatoms. The molecule has 5 rings (SSSR count). The van der Waals surface area contributed by atoms with Crippen LogP contribution in [0.4, 0.5) is 11.5 Å². The third kappa shape index (κ3) is 5.13. The highest BCUT2D eigenvalue weighted by atomic mass is 32.2. The number of benzene rings is 2. The zero-order valence-electron chi connectivity index (χ0n) is 18.9. The number of hydrogen-bond donors (Lipinski definition) is 4. The zero-order chi connectivity index (χ0) is 25.8. The predicted octanol–water partition coefficient (Wildman–Crippen LogP) is 5.13. The highest BCUT2D eigenvalue weighted by molar-refractivity contribution is 7.99. The summed E-state index contributed by atoms with van der Waals surface area (Å²) in [5.41, 5.74) is 2.11. The summed E-state index contributed by atoms with van der Waals surface area (Å²) in [4.78, 5) is 36.6. The molecule has 0 atom stereocenters. The van der Waals surface area contributed by atoms with Gasteiger partial charge in [-0.2, -0.15) is 15.1 Å². The van der Waals surface area contributed by atoms with E-state index in [0.29, 0.717) is 4.90 Å². The van der Waals surface area contributed by atoms with E-state index in [1.54, 1.807) is 30.5 Å². The number of nitrogens with zero attached hydrogens (tertiary/aromatic N) is 5. The minimum atomic E-state index is -0.845. The maximum atomic E-state index is 13.0. The largest absolute Gasteiger partial charge is 0.491 e. The second-order valence-electron chi connectivity index (χ2n) is 7.59. The topological polar surface area (TPSA) is 166 Å². The molecule has 3 aromatic heterocycles. The van der Waals surface area contributed by atoms with Gasteiger partial charge in [0.05, 0.1) is 22.5 Å². The van der Waals surface area contributed by atoms with Crippen molar-refractivity contribution in [3.05, 3.63) is 88.7 Å². The van der Waals surface area contributed by atoms with Crippen LogP contribution < -0.4 is 5.32 Å². The fourth-order valence-electron chi connectivity index (χ4n) is 3.50. The highest BCUT2D eigenvalue weighted by Gasteiger charge is 2.20. The standard InChI is InChI=1S/C25H17N7O4S/c33-23(27-22-21(32-36)24(34)29-25(35)28-22)17-6-1-2-7-20(17)37-15-9-10-16-18(30-31-19(16)13-15)11-8-14-5-3-4-12-26-14/h1-13H,(H,30,31)(H3,27,28,29,33,34,35)/b11-8+. The Morgan fingerprint density at radius 3 is 2.68 bits per heavy atom. The molecule has 0 aliphatic heterocycles. The lowest BCUT2D eigenvalue weighted by atomic mass is 10.2. The smallest absolute Gasteiger partial charge is 0.319 e. The van der Waals surface area contributed by atoms with E-state index in [0.717, 1.165) is 27.2 Å². The van der Waals surface area contributed by atoms with E-state index in [-0.39, 0.29) is 5.56 Å². The summed E-state index contributed by atoms with van der Waals surface area (Å²) in [6.07, 6.45) is 5.50. The van der Waals surface area contributed by atoms with Crippen LogP contribution in [0, 0.1) is 4.91 Å². The van der Waals surface area contributed by atoms with Gasteiger partial charge in [0.2, 0.25) is 11.6 Å². The van der Waals surface area contributed by atoms with Crippen LogP contribution in [0.2, 0.25) is 0 Å². The van der Waals surface area contributed by atoms with Gasteiger partial charge in [-0.25, -0.2) is 0 Å². The Morgan fingerprint density at radius 2 is 1.86 bits per heavy atom. The number of aromatic amines is 1. The Labute approximate surface area is 213 Å². The van der Waals surface area contributed by atoms with E-state index in [4.69, 9.17) is 0 Å². The number of anilines is 1. The Kier molecular flexibility index (Phi) is 6.55. The van der Waals surface area contributed by atoms with Crippen LogP contribution in [-0.2, 0) is 0 Å². The van der Waals surface area contributed by atoms with Crippen LogP contribution in [0.15, 0.2) is 81.8 Å². The molecule has 0 aliphatic carbocycles. The molecule has 5 aromatic rings. The Morgan fingerprint density at radius 1 is 1.03 bits per heavy atom. The van der Waals surface area contributed by atoms with Crippen molar-refractivity contribution in [3.8, 4) is 11.9 Å². The lowest BCUT2D eigenvalue weighted by molar-refractivity contribution is 0.102. The van der Waals surface area contributed by atoms with Crippen molar-refractivity contribution in [2.45, 2.75) is 9.79 Å². The number of fused-ring (bicyclic) bond motifs is 1. The SMILES string of the molecule is O=Nc1c(O)nc(O)nc1NC(=O)c1ccccc1Sc1ccc2c(/C=C/c3ccccn3)n[nH]c2c1. The molecule has 4 N–H and O–H groups in total. The van der Waals surface area contributed by atoms with Crippen LogP contribution in [0.25, 0.3) is 23.1 Å². The van der Waals surface area contributed by atoms with E-state index >= 15 is 0 Å². The minimum Gasteiger partial charge on any atom is -0.491 e. The van der Waals surface area contributed by atoms with Gasteiger partial charge in [0, 0.05) is 21.4 Å². The Hall–Kier alpha value is -5.10. The molecule has 0 saturated carbocycles. The van der Waals surface area contributed by atoms with Gasteiger partial charge in [-0.3, -0.25) is 14.9 Å². The molecule has 0 fully saturated rings. The predicted molar refractivity (Wildman–Crippen MR) is 139 cm³/mol. The third-order valence-corrected chi connectivity index (χ3v) is 6.27. The number of amides is 1.